The van der Waals surface area contributed by atoms with Crippen molar-refractivity contribution in [1.29, 1.82) is 0 Å². The second-order valence-electron chi connectivity index (χ2n) is 7.44. The van der Waals surface area contributed by atoms with Crippen molar-refractivity contribution in [3.05, 3.63) is 65.4 Å². The number of benzene rings is 2. The standard InChI is InChI=1S/C22H26N2O5S/c1-24(2)19(15-8-7-9-16(12-15)28-3)13-23-22(25)21-18(14-30(4,26)27)17-10-5-6-11-20(17)29-21/h5-12,19H,13-14H2,1-4H3,(H,23,25). The quantitative estimate of drug-likeness (QED) is 0.591. The number of furan rings is 1. The highest BCUT2D eigenvalue weighted by atomic mass is 32.2. The first-order valence-electron chi connectivity index (χ1n) is 9.46. The van der Waals surface area contributed by atoms with Gasteiger partial charge in [0.05, 0.1) is 18.9 Å². The Kier molecular flexibility index (Phi) is 6.48. The van der Waals surface area contributed by atoms with Crippen LogP contribution in [-0.4, -0.2) is 53.2 Å². The molecule has 160 valence electrons. The lowest BCUT2D eigenvalue weighted by Crippen LogP contribution is -2.34. The molecule has 0 aliphatic rings. The first kappa shape index (κ1) is 21.9. The van der Waals surface area contributed by atoms with Crippen molar-refractivity contribution in [2.75, 3.05) is 34.0 Å². The zero-order chi connectivity index (χ0) is 21.9. The lowest BCUT2D eigenvalue weighted by molar-refractivity contribution is 0.0915. The summed E-state index contributed by atoms with van der Waals surface area (Å²) in [6, 6.07) is 14.6. The molecule has 3 aromatic rings. The van der Waals surface area contributed by atoms with Crippen LogP contribution in [0.2, 0.25) is 0 Å². The summed E-state index contributed by atoms with van der Waals surface area (Å²) in [5.41, 5.74) is 1.85. The Labute approximate surface area is 176 Å². The van der Waals surface area contributed by atoms with Crippen molar-refractivity contribution in [2.24, 2.45) is 0 Å². The van der Waals surface area contributed by atoms with Gasteiger partial charge in [-0.25, -0.2) is 8.42 Å². The largest absolute Gasteiger partial charge is 0.497 e. The Morgan fingerprint density at radius 1 is 1.17 bits per heavy atom. The third-order valence-corrected chi connectivity index (χ3v) is 5.68. The fraction of sp³-hybridized carbons (Fsp3) is 0.318. The maximum Gasteiger partial charge on any atom is 0.287 e. The summed E-state index contributed by atoms with van der Waals surface area (Å²) in [5, 5.41) is 3.52. The van der Waals surface area contributed by atoms with Gasteiger partial charge >= 0.3 is 0 Å². The van der Waals surface area contributed by atoms with Crippen LogP contribution in [0.15, 0.2) is 52.9 Å². The number of fused-ring (bicyclic) bond motifs is 1. The molecule has 0 saturated heterocycles. The third-order valence-electron chi connectivity index (χ3n) is 4.87. The number of methoxy groups -OCH3 is 1. The van der Waals surface area contributed by atoms with E-state index in [0.29, 0.717) is 23.1 Å². The van der Waals surface area contributed by atoms with Crippen LogP contribution in [0.25, 0.3) is 11.0 Å². The summed E-state index contributed by atoms with van der Waals surface area (Å²) in [7, 11) is 2.10. The molecule has 0 spiro atoms. The van der Waals surface area contributed by atoms with E-state index in [4.69, 9.17) is 9.15 Å². The minimum absolute atomic E-state index is 0.0322. The van der Waals surface area contributed by atoms with E-state index in [0.717, 1.165) is 17.6 Å². The fourth-order valence-electron chi connectivity index (χ4n) is 3.40. The van der Waals surface area contributed by atoms with Crippen LogP contribution in [0.1, 0.15) is 27.7 Å². The molecule has 0 saturated carbocycles. The van der Waals surface area contributed by atoms with E-state index >= 15 is 0 Å². The number of carbonyl (C=O) groups excluding carboxylic acids is 1. The van der Waals surface area contributed by atoms with E-state index < -0.39 is 15.7 Å². The molecule has 2 aromatic carbocycles. The number of para-hydroxylation sites is 1. The monoisotopic (exact) mass is 430 g/mol. The maximum absolute atomic E-state index is 13.0. The summed E-state index contributed by atoms with van der Waals surface area (Å²) in [4.78, 5) is 15.0. The number of nitrogens with zero attached hydrogens (tertiary/aromatic N) is 1. The van der Waals surface area contributed by atoms with Gasteiger partial charge in [-0.05, 0) is 37.9 Å². The van der Waals surface area contributed by atoms with Gasteiger partial charge in [0.25, 0.3) is 5.91 Å². The van der Waals surface area contributed by atoms with Crippen LogP contribution in [-0.2, 0) is 15.6 Å². The molecule has 1 aromatic heterocycles. The molecule has 1 atom stereocenters. The molecule has 1 N–H and O–H groups in total. The van der Waals surface area contributed by atoms with Crippen molar-refractivity contribution < 1.29 is 22.4 Å². The molecule has 0 aliphatic carbocycles. The molecule has 30 heavy (non-hydrogen) atoms. The van der Waals surface area contributed by atoms with Gasteiger partial charge in [-0.15, -0.1) is 0 Å². The van der Waals surface area contributed by atoms with Crippen LogP contribution >= 0.6 is 0 Å². The van der Waals surface area contributed by atoms with E-state index in [1.54, 1.807) is 31.4 Å². The van der Waals surface area contributed by atoms with E-state index in [9.17, 15) is 13.2 Å². The Balaban J connectivity index is 1.87. The lowest BCUT2D eigenvalue weighted by atomic mass is 10.1. The molecule has 8 heteroatoms. The van der Waals surface area contributed by atoms with Gasteiger partial charge in [-0.1, -0.05) is 30.3 Å². The molecule has 3 rings (SSSR count). The Hall–Kier alpha value is -2.84. The molecule has 0 radical (unpaired) electrons. The Morgan fingerprint density at radius 3 is 2.57 bits per heavy atom. The summed E-state index contributed by atoms with van der Waals surface area (Å²) in [6.07, 6.45) is 1.14. The molecule has 0 aliphatic heterocycles. The number of sulfone groups is 1. The highest BCUT2D eigenvalue weighted by Crippen LogP contribution is 2.28. The van der Waals surface area contributed by atoms with E-state index in [1.165, 1.54) is 0 Å². The first-order valence-corrected chi connectivity index (χ1v) is 11.5. The topological polar surface area (TPSA) is 88.8 Å². The van der Waals surface area contributed by atoms with Crippen LogP contribution in [0, 0.1) is 0 Å². The minimum atomic E-state index is -3.35. The van der Waals surface area contributed by atoms with Gasteiger partial charge < -0.3 is 19.4 Å². The minimum Gasteiger partial charge on any atom is -0.497 e. The summed E-state index contributed by atoms with van der Waals surface area (Å²) < 4.78 is 34.9. The first-order chi connectivity index (χ1) is 14.2. The van der Waals surface area contributed by atoms with Crippen LogP contribution in [0.4, 0.5) is 0 Å². The number of carbonyl (C=O) groups is 1. The van der Waals surface area contributed by atoms with Gasteiger partial charge in [0.1, 0.15) is 11.3 Å². The zero-order valence-corrected chi connectivity index (χ0v) is 18.3. The molecule has 1 unspecified atom stereocenters. The molecule has 0 fully saturated rings. The van der Waals surface area contributed by atoms with Crippen molar-refractivity contribution in [3.63, 3.8) is 0 Å². The zero-order valence-electron chi connectivity index (χ0n) is 17.5. The van der Waals surface area contributed by atoms with Gasteiger partial charge in [0, 0.05) is 23.8 Å². The number of nitrogens with one attached hydrogen (secondary N) is 1. The highest BCUT2D eigenvalue weighted by molar-refractivity contribution is 7.89. The molecular formula is C22H26N2O5S. The van der Waals surface area contributed by atoms with Crippen LogP contribution in [0.5, 0.6) is 5.75 Å². The lowest BCUT2D eigenvalue weighted by Gasteiger charge is -2.25. The van der Waals surface area contributed by atoms with Crippen molar-refractivity contribution in [2.45, 2.75) is 11.8 Å². The second kappa shape index (κ2) is 8.89. The van der Waals surface area contributed by atoms with Crippen LogP contribution < -0.4 is 10.1 Å². The number of amides is 1. The number of likely N-dealkylation sites (N-methyl/N-ethyl adjacent to an activating group) is 1. The summed E-state index contributed by atoms with van der Waals surface area (Å²) in [6.45, 7) is 0.314. The predicted octanol–water partition coefficient (Wildman–Crippen LogP) is 3.02. The number of rotatable bonds is 8. The van der Waals surface area contributed by atoms with Gasteiger partial charge in [0.15, 0.2) is 15.6 Å². The Bertz CT molecular complexity index is 1150. The van der Waals surface area contributed by atoms with Crippen molar-refractivity contribution in [1.82, 2.24) is 10.2 Å². The molecule has 1 heterocycles. The fourth-order valence-corrected chi connectivity index (χ4v) is 4.22. The number of hydrogen-bond donors (Lipinski definition) is 1. The highest BCUT2D eigenvalue weighted by Gasteiger charge is 2.24. The molecule has 1 amide bonds. The van der Waals surface area contributed by atoms with Gasteiger partial charge in [-0.3, -0.25) is 4.79 Å². The number of ether oxygens (including phenoxy) is 1. The number of hydrogen-bond acceptors (Lipinski definition) is 6. The van der Waals surface area contributed by atoms with Crippen molar-refractivity contribution in [3.8, 4) is 5.75 Å². The van der Waals surface area contributed by atoms with Gasteiger partial charge in [-0.2, -0.15) is 0 Å². The summed E-state index contributed by atoms with van der Waals surface area (Å²) >= 11 is 0. The Morgan fingerprint density at radius 2 is 1.90 bits per heavy atom. The van der Waals surface area contributed by atoms with Gasteiger partial charge in [0.2, 0.25) is 0 Å². The average molecular weight is 431 g/mol. The molecular weight excluding hydrogens is 404 g/mol. The summed E-state index contributed by atoms with van der Waals surface area (Å²) in [5.74, 6) is 0.0579. The SMILES string of the molecule is COc1cccc(C(CNC(=O)c2oc3ccccc3c2CS(C)(=O)=O)N(C)C)c1. The predicted molar refractivity (Wildman–Crippen MR) is 117 cm³/mol. The smallest absolute Gasteiger partial charge is 0.287 e. The van der Waals surface area contributed by atoms with E-state index in [1.807, 2.05) is 43.3 Å². The van der Waals surface area contributed by atoms with Crippen molar-refractivity contribution >= 4 is 26.7 Å². The van der Waals surface area contributed by atoms with E-state index in [-0.39, 0.29) is 17.6 Å². The van der Waals surface area contributed by atoms with Crippen LogP contribution in [0.3, 0.4) is 0 Å². The molecule has 7 nitrogen and oxygen atoms in total. The molecule has 0 bridgehead atoms. The average Bonchev–Trinajstić information content (AvgIpc) is 3.05. The third kappa shape index (κ3) is 5.01. The normalized spacial score (nSPS) is 12.8. The second-order valence-corrected chi connectivity index (χ2v) is 9.58. The maximum atomic E-state index is 13.0. The van der Waals surface area contributed by atoms with E-state index in [2.05, 4.69) is 5.32 Å².